The second-order valence-electron chi connectivity index (χ2n) is 4.21. The van der Waals surface area contributed by atoms with E-state index in [0.29, 0.717) is 0 Å². The predicted octanol–water partition coefficient (Wildman–Crippen LogP) is 2.20. The van der Waals surface area contributed by atoms with Gasteiger partial charge in [0, 0.05) is 11.6 Å². The van der Waals surface area contributed by atoms with E-state index in [4.69, 9.17) is 0 Å². The zero-order valence-corrected chi connectivity index (χ0v) is 11.1. The summed E-state index contributed by atoms with van der Waals surface area (Å²) in [7, 11) is 0. The lowest BCUT2D eigenvalue weighted by molar-refractivity contribution is -0.385. The Kier molecular flexibility index (Phi) is 4.42. The van der Waals surface area contributed by atoms with Gasteiger partial charge < -0.3 is 5.11 Å². The molecule has 0 spiro atoms. The molecule has 112 valence electrons. The van der Waals surface area contributed by atoms with Crippen LogP contribution in [0.5, 0.6) is 5.75 Å². The van der Waals surface area contributed by atoms with E-state index in [1.165, 1.54) is 24.3 Å². The maximum Gasteiger partial charge on any atom is 0.278 e. The topological polar surface area (TPSA) is 105 Å². The summed E-state index contributed by atoms with van der Waals surface area (Å²) in [5.74, 6) is -1.41. The van der Waals surface area contributed by atoms with Gasteiger partial charge >= 0.3 is 0 Å². The molecule has 2 aromatic rings. The molecular formula is C14H10FN3O4. The number of hydrazone groups is 1. The van der Waals surface area contributed by atoms with Crippen LogP contribution in [0.3, 0.4) is 0 Å². The van der Waals surface area contributed by atoms with Gasteiger partial charge in [0.05, 0.1) is 16.7 Å². The first-order valence-corrected chi connectivity index (χ1v) is 6.04. The van der Waals surface area contributed by atoms with Gasteiger partial charge in [-0.1, -0.05) is 6.07 Å². The average molecular weight is 303 g/mol. The maximum atomic E-state index is 13.0. The third-order valence-electron chi connectivity index (χ3n) is 2.66. The summed E-state index contributed by atoms with van der Waals surface area (Å²) >= 11 is 0. The van der Waals surface area contributed by atoms with Gasteiger partial charge in [-0.3, -0.25) is 14.9 Å². The van der Waals surface area contributed by atoms with Gasteiger partial charge in [-0.15, -0.1) is 0 Å². The van der Waals surface area contributed by atoms with Gasteiger partial charge in [-0.05, 0) is 30.3 Å². The summed E-state index contributed by atoms with van der Waals surface area (Å²) in [5.41, 5.74) is 1.92. The fraction of sp³-hybridized carbons (Fsp3) is 0. The molecule has 1 amide bonds. The number of nitro benzene ring substituents is 1. The molecule has 0 fully saturated rings. The molecule has 2 aromatic carbocycles. The van der Waals surface area contributed by atoms with E-state index in [-0.39, 0.29) is 22.6 Å². The Labute approximate surface area is 123 Å². The molecule has 7 nitrogen and oxygen atoms in total. The summed E-state index contributed by atoms with van der Waals surface area (Å²) < 4.78 is 13.0. The highest BCUT2D eigenvalue weighted by Crippen LogP contribution is 2.21. The highest BCUT2D eigenvalue weighted by molar-refractivity contribution is 5.95. The van der Waals surface area contributed by atoms with E-state index in [1.807, 2.05) is 0 Å². The van der Waals surface area contributed by atoms with Crippen molar-refractivity contribution in [1.82, 2.24) is 5.43 Å². The SMILES string of the molecule is O=C(N/N=C\c1cc(O)ccc1[N+](=O)[O-])c1cccc(F)c1. The summed E-state index contributed by atoms with van der Waals surface area (Å²) in [6.07, 6.45) is 1.02. The Bertz CT molecular complexity index is 762. The van der Waals surface area contributed by atoms with E-state index in [9.17, 15) is 24.4 Å². The Morgan fingerprint density at radius 3 is 2.77 bits per heavy atom. The Morgan fingerprint density at radius 2 is 2.09 bits per heavy atom. The predicted molar refractivity (Wildman–Crippen MR) is 76.2 cm³/mol. The number of carbonyl (C=O) groups is 1. The largest absolute Gasteiger partial charge is 0.508 e. The smallest absolute Gasteiger partial charge is 0.278 e. The molecule has 0 atom stereocenters. The van der Waals surface area contributed by atoms with Gasteiger partial charge in [-0.25, -0.2) is 9.82 Å². The van der Waals surface area contributed by atoms with Gasteiger partial charge in [0.25, 0.3) is 11.6 Å². The van der Waals surface area contributed by atoms with Gasteiger partial charge in [0.15, 0.2) is 0 Å². The quantitative estimate of drug-likeness (QED) is 0.513. The average Bonchev–Trinajstić information content (AvgIpc) is 2.47. The standard InChI is InChI=1S/C14H10FN3O4/c15-11-3-1-2-9(6-11)14(20)17-16-8-10-7-12(19)4-5-13(10)18(21)22/h1-8,19H,(H,17,20)/b16-8-. The first kappa shape index (κ1) is 15.1. The third kappa shape index (κ3) is 3.63. The number of hydrogen-bond acceptors (Lipinski definition) is 5. The van der Waals surface area contributed by atoms with E-state index in [0.717, 1.165) is 24.4 Å². The van der Waals surface area contributed by atoms with Crippen LogP contribution in [0, 0.1) is 15.9 Å². The molecule has 0 heterocycles. The molecule has 0 radical (unpaired) electrons. The van der Waals surface area contributed by atoms with E-state index in [2.05, 4.69) is 10.5 Å². The van der Waals surface area contributed by atoms with Crippen LogP contribution in [-0.2, 0) is 0 Å². The molecule has 0 saturated carbocycles. The number of hydrogen-bond donors (Lipinski definition) is 2. The molecular weight excluding hydrogens is 293 g/mol. The lowest BCUT2D eigenvalue weighted by Crippen LogP contribution is -2.17. The molecule has 22 heavy (non-hydrogen) atoms. The van der Waals surface area contributed by atoms with Crippen LogP contribution in [0.15, 0.2) is 47.6 Å². The second kappa shape index (κ2) is 6.44. The lowest BCUT2D eigenvalue weighted by Gasteiger charge is -2.00. The van der Waals surface area contributed by atoms with Crippen molar-refractivity contribution in [3.8, 4) is 5.75 Å². The van der Waals surface area contributed by atoms with E-state index in [1.54, 1.807) is 0 Å². The van der Waals surface area contributed by atoms with Crippen molar-refractivity contribution in [3.05, 3.63) is 69.5 Å². The minimum atomic E-state index is -0.668. The molecule has 0 aromatic heterocycles. The van der Waals surface area contributed by atoms with Crippen molar-refractivity contribution in [2.45, 2.75) is 0 Å². The number of halogens is 1. The molecule has 0 bridgehead atoms. The number of amides is 1. The first-order chi connectivity index (χ1) is 10.5. The molecule has 2 N–H and O–H groups in total. The molecule has 0 saturated heterocycles. The number of phenolic OH excluding ortho intramolecular Hbond substituents is 1. The van der Waals surface area contributed by atoms with Gasteiger partial charge in [-0.2, -0.15) is 5.10 Å². The monoisotopic (exact) mass is 303 g/mol. The molecule has 0 aliphatic rings. The van der Waals surface area contributed by atoms with Crippen LogP contribution in [-0.4, -0.2) is 22.2 Å². The van der Waals surface area contributed by atoms with Crippen LogP contribution in [0.1, 0.15) is 15.9 Å². The number of rotatable bonds is 4. The number of nitro groups is 1. The minimum Gasteiger partial charge on any atom is -0.508 e. The number of phenols is 1. The van der Waals surface area contributed by atoms with Crippen molar-refractivity contribution >= 4 is 17.8 Å². The van der Waals surface area contributed by atoms with Crippen molar-refractivity contribution in [1.29, 1.82) is 0 Å². The van der Waals surface area contributed by atoms with Crippen LogP contribution < -0.4 is 5.43 Å². The van der Waals surface area contributed by atoms with Crippen LogP contribution >= 0.6 is 0 Å². The van der Waals surface area contributed by atoms with Crippen molar-refractivity contribution < 1.29 is 19.2 Å². The Balaban J connectivity index is 2.14. The number of benzene rings is 2. The van der Waals surface area contributed by atoms with Gasteiger partial charge in [0.1, 0.15) is 11.6 Å². The fourth-order valence-corrected chi connectivity index (χ4v) is 1.67. The number of nitrogens with one attached hydrogen (secondary N) is 1. The molecule has 0 aliphatic carbocycles. The molecule has 2 rings (SSSR count). The number of nitrogens with zero attached hydrogens (tertiary/aromatic N) is 2. The molecule has 8 heteroatoms. The summed E-state index contributed by atoms with van der Waals surface area (Å²) in [4.78, 5) is 21.9. The highest BCUT2D eigenvalue weighted by atomic mass is 19.1. The first-order valence-electron chi connectivity index (χ1n) is 6.04. The lowest BCUT2D eigenvalue weighted by atomic mass is 10.2. The van der Waals surface area contributed by atoms with Crippen molar-refractivity contribution in [2.75, 3.05) is 0 Å². The minimum absolute atomic E-state index is 0.0181. The second-order valence-corrected chi connectivity index (χ2v) is 4.21. The third-order valence-corrected chi connectivity index (χ3v) is 2.66. The van der Waals surface area contributed by atoms with Crippen molar-refractivity contribution in [3.63, 3.8) is 0 Å². The van der Waals surface area contributed by atoms with Crippen LogP contribution in [0.25, 0.3) is 0 Å². The van der Waals surface area contributed by atoms with Gasteiger partial charge in [0.2, 0.25) is 0 Å². The maximum absolute atomic E-state index is 13.0. The van der Waals surface area contributed by atoms with Crippen molar-refractivity contribution in [2.24, 2.45) is 5.10 Å². The van der Waals surface area contributed by atoms with E-state index >= 15 is 0 Å². The summed E-state index contributed by atoms with van der Waals surface area (Å²) in [6.45, 7) is 0. The van der Waals surface area contributed by atoms with E-state index < -0.39 is 16.6 Å². The Morgan fingerprint density at radius 1 is 1.32 bits per heavy atom. The van der Waals surface area contributed by atoms with Crippen LogP contribution in [0.2, 0.25) is 0 Å². The zero-order valence-electron chi connectivity index (χ0n) is 11.1. The highest BCUT2D eigenvalue weighted by Gasteiger charge is 2.12. The summed E-state index contributed by atoms with van der Waals surface area (Å²) in [6, 6.07) is 8.40. The fourth-order valence-electron chi connectivity index (χ4n) is 1.67. The summed E-state index contributed by atoms with van der Waals surface area (Å²) in [5, 5.41) is 23.7. The van der Waals surface area contributed by atoms with Crippen LogP contribution in [0.4, 0.5) is 10.1 Å². The number of aromatic hydroxyl groups is 1. The molecule has 0 aliphatic heterocycles. The normalized spacial score (nSPS) is 10.6. The molecule has 0 unspecified atom stereocenters. The Hall–Kier alpha value is -3.29. The number of carbonyl (C=O) groups excluding carboxylic acids is 1. The zero-order chi connectivity index (χ0) is 16.1.